The van der Waals surface area contributed by atoms with E-state index in [0.29, 0.717) is 16.9 Å². The molecule has 0 fully saturated rings. The van der Waals surface area contributed by atoms with Crippen LogP contribution in [-0.2, 0) is 22.6 Å². The summed E-state index contributed by atoms with van der Waals surface area (Å²) in [5.41, 5.74) is 1.89. The molecule has 5 heterocycles. The molecular weight excluding hydrogens is 473 g/mol. The van der Waals surface area contributed by atoms with Crippen LogP contribution in [0.2, 0.25) is 0 Å². The van der Waals surface area contributed by atoms with Crippen LogP contribution in [0.15, 0.2) is 21.9 Å². The van der Waals surface area contributed by atoms with E-state index in [1.54, 1.807) is 29.3 Å². The number of thioether (sulfide) groups is 2. The number of aromatic nitrogens is 5. The SMILES string of the molecule is CC[C@@]1(C)Cc2c(sc3nc(SC)n4c(SCC(=O)Nc5nccs5)nnc4c23)CO1. The molecule has 0 aliphatic carbocycles. The fourth-order valence-corrected chi connectivity index (χ4v) is 6.57. The summed E-state index contributed by atoms with van der Waals surface area (Å²) in [6.07, 6.45) is 5.43. The Hall–Kier alpha value is -1.73. The van der Waals surface area contributed by atoms with Gasteiger partial charge in [0, 0.05) is 22.9 Å². The number of carbonyl (C=O) groups is 1. The van der Waals surface area contributed by atoms with E-state index in [4.69, 9.17) is 9.72 Å². The molecule has 5 rings (SSSR count). The van der Waals surface area contributed by atoms with Gasteiger partial charge >= 0.3 is 0 Å². The van der Waals surface area contributed by atoms with E-state index in [1.165, 1.54) is 33.5 Å². The van der Waals surface area contributed by atoms with E-state index in [2.05, 4.69) is 34.3 Å². The van der Waals surface area contributed by atoms with E-state index in [-0.39, 0.29) is 17.3 Å². The van der Waals surface area contributed by atoms with Gasteiger partial charge in [0.2, 0.25) is 5.91 Å². The van der Waals surface area contributed by atoms with E-state index >= 15 is 0 Å². The molecule has 4 aromatic heterocycles. The Bertz CT molecular complexity index is 1270. The second-order valence-corrected chi connectivity index (χ2v) is 11.1. The van der Waals surface area contributed by atoms with E-state index < -0.39 is 0 Å². The molecule has 0 radical (unpaired) electrons. The molecule has 1 N–H and O–H groups in total. The molecule has 8 nitrogen and oxygen atoms in total. The highest BCUT2D eigenvalue weighted by Crippen LogP contribution is 2.42. The molecule has 1 aliphatic heterocycles. The number of thiazole rings is 1. The number of thiophene rings is 1. The molecule has 31 heavy (non-hydrogen) atoms. The van der Waals surface area contributed by atoms with E-state index in [1.807, 2.05) is 16.0 Å². The third-order valence-corrected chi connectivity index (χ3v) is 8.72. The number of amides is 1. The van der Waals surface area contributed by atoms with Gasteiger partial charge in [-0.15, -0.1) is 32.9 Å². The third kappa shape index (κ3) is 3.84. The van der Waals surface area contributed by atoms with Gasteiger partial charge in [-0.2, -0.15) is 0 Å². The molecule has 0 saturated carbocycles. The number of anilines is 1. The van der Waals surface area contributed by atoms with Crippen molar-refractivity contribution in [2.75, 3.05) is 17.3 Å². The molecule has 1 atom stereocenters. The normalized spacial score (nSPS) is 18.5. The van der Waals surface area contributed by atoms with Crippen molar-refractivity contribution >= 4 is 73.1 Å². The first-order chi connectivity index (χ1) is 15.0. The zero-order valence-corrected chi connectivity index (χ0v) is 20.4. The fourth-order valence-electron chi connectivity index (χ4n) is 3.54. The first kappa shape index (κ1) is 21.1. The summed E-state index contributed by atoms with van der Waals surface area (Å²) in [7, 11) is 0. The zero-order valence-electron chi connectivity index (χ0n) is 17.2. The second-order valence-electron chi connectivity index (χ2n) is 7.37. The van der Waals surface area contributed by atoms with Gasteiger partial charge in [0.05, 0.1) is 23.3 Å². The summed E-state index contributed by atoms with van der Waals surface area (Å²) in [5, 5.41) is 16.7. The summed E-state index contributed by atoms with van der Waals surface area (Å²) in [6.45, 7) is 4.92. The average Bonchev–Trinajstić information content (AvgIpc) is 3.50. The Balaban J connectivity index is 1.52. The monoisotopic (exact) mass is 492 g/mol. The third-order valence-electron chi connectivity index (χ3n) is 5.36. The van der Waals surface area contributed by atoms with Gasteiger partial charge in [0.1, 0.15) is 4.83 Å². The maximum atomic E-state index is 12.3. The second kappa shape index (κ2) is 8.32. The van der Waals surface area contributed by atoms with Crippen LogP contribution in [-0.4, -0.2) is 48.1 Å². The lowest BCUT2D eigenvalue weighted by Crippen LogP contribution is -2.33. The smallest absolute Gasteiger partial charge is 0.236 e. The summed E-state index contributed by atoms with van der Waals surface area (Å²) in [5.74, 6) is 0.0932. The number of nitrogens with zero attached hydrogens (tertiary/aromatic N) is 5. The van der Waals surface area contributed by atoms with E-state index in [9.17, 15) is 4.79 Å². The van der Waals surface area contributed by atoms with Crippen LogP contribution in [0.5, 0.6) is 0 Å². The Morgan fingerprint density at radius 3 is 3.00 bits per heavy atom. The molecule has 4 aromatic rings. The number of rotatable bonds is 6. The van der Waals surface area contributed by atoms with Crippen molar-refractivity contribution < 1.29 is 9.53 Å². The van der Waals surface area contributed by atoms with Crippen LogP contribution in [0.1, 0.15) is 30.7 Å². The Kier molecular flexibility index (Phi) is 5.67. The van der Waals surface area contributed by atoms with Gasteiger partial charge in [-0.05, 0) is 25.2 Å². The number of fused-ring (bicyclic) bond motifs is 5. The lowest BCUT2D eigenvalue weighted by Gasteiger charge is -2.32. The first-order valence-corrected chi connectivity index (χ1v) is 13.6. The summed E-state index contributed by atoms with van der Waals surface area (Å²) >= 11 is 5.96. The van der Waals surface area contributed by atoms with Gasteiger partial charge in [-0.1, -0.05) is 30.4 Å². The van der Waals surface area contributed by atoms with Crippen molar-refractivity contribution in [1.29, 1.82) is 0 Å². The lowest BCUT2D eigenvalue weighted by atomic mass is 9.90. The first-order valence-electron chi connectivity index (χ1n) is 9.71. The van der Waals surface area contributed by atoms with Crippen LogP contribution in [0.4, 0.5) is 5.13 Å². The molecule has 1 amide bonds. The van der Waals surface area contributed by atoms with Crippen LogP contribution in [0.25, 0.3) is 15.9 Å². The lowest BCUT2D eigenvalue weighted by molar-refractivity contribution is -0.113. The van der Waals surface area contributed by atoms with Crippen molar-refractivity contribution in [3.63, 3.8) is 0 Å². The molecule has 162 valence electrons. The largest absolute Gasteiger partial charge is 0.369 e. The van der Waals surface area contributed by atoms with Crippen molar-refractivity contribution in [3.05, 3.63) is 22.0 Å². The topological polar surface area (TPSA) is 94.3 Å². The van der Waals surface area contributed by atoms with Gasteiger partial charge < -0.3 is 10.1 Å². The van der Waals surface area contributed by atoms with Crippen molar-refractivity contribution in [2.24, 2.45) is 0 Å². The molecule has 0 saturated heterocycles. The van der Waals surface area contributed by atoms with Crippen LogP contribution >= 0.6 is 46.2 Å². The molecule has 0 aromatic carbocycles. The van der Waals surface area contributed by atoms with Gasteiger partial charge in [-0.25, -0.2) is 14.4 Å². The highest BCUT2D eigenvalue weighted by atomic mass is 32.2. The van der Waals surface area contributed by atoms with Crippen molar-refractivity contribution in [3.8, 4) is 0 Å². The van der Waals surface area contributed by atoms with Crippen molar-refractivity contribution in [1.82, 2.24) is 24.6 Å². The van der Waals surface area contributed by atoms with Crippen LogP contribution in [0.3, 0.4) is 0 Å². The Morgan fingerprint density at radius 2 is 2.26 bits per heavy atom. The minimum Gasteiger partial charge on any atom is -0.369 e. The zero-order chi connectivity index (χ0) is 21.6. The quantitative estimate of drug-likeness (QED) is 0.311. The number of hydrogen-bond donors (Lipinski definition) is 1. The highest BCUT2D eigenvalue weighted by Gasteiger charge is 2.33. The predicted octanol–water partition coefficient (Wildman–Crippen LogP) is 4.49. The highest BCUT2D eigenvalue weighted by molar-refractivity contribution is 8.00. The maximum absolute atomic E-state index is 12.3. The molecule has 0 unspecified atom stereocenters. The number of hydrogen-bond acceptors (Lipinski definition) is 10. The predicted molar refractivity (Wildman–Crippen MR) is 127 cm³/mol. The molecule has 0 bridgehead atoms. The molecule has 1 aliphatic rings. The molecule has 12 heteroatoms. The summed E-state index contributed by atoms with van der Waals surface area (Å²) in [4.78, 5) is 23.5. The standard InChI is InChI=1S/C19H20N6O2S4/c1-4-19(2)7-10-11(8-27-19)31-15-13(10)14-23-24-18(25(14)17(22-15)28-3)30-9-12(26)21-16-20-5-6-29-16/h5-6H,4,7-9H2,1-3H3,(H,20,21,26)/t19-/m0/s1. The molecule has 0 spiro atoms. The maximum Gasteiger partial charge on any atom is 0.236 e. The van der Waals surface area contributed by atoms with Crippen LogP contribution < -0.4 is 5.32 Å². The van der Waals surface area contributed by atoms with Gasteiger partial charge in [0.25, 0.3) is 0 Å². The Morgan fingerprint density at radius 1 is 1.39 bits per heavy atom. The number of ether oxygens (including phenoxy) is 1. The van der Waals surface area contributed by atoms with Crippen molar-refractivity contribution in [2.45, 2.75) is 49.2 Å². The average molecular weight is 493 g/mol. The van der Waals surface area contributed by atoms with Gasteiger partial charge in [0.15, 0.2) is 21.1 Å². The minimum atomic E-state index is -0.179. The minimum absolute atomic E-state index is 0.125. The fraction of sp³-hybridized carbons (Fsp3) is 0.421. The van der Waals surface area contributed by atoms with Crippen LogP contribution in [0, 0.1) is 0 Å². The summed E-state index contributed by atoms with van der Waals surface area (Å²) < 4.78 is 8.11. The molecular formula is C19H20N6O2S4. The summed E-state index contributed by atoms with van der Waals surface area (Å²) in [6, 6.07) is 0. The number of carbonyl (C=O) groups excluding carboxylic acids is 1. The van der Waals surface area contributed by atoms with E-state index in [0.717, 1.165) is 33.9 Å². The Labute approximate surface area is 195 Å². The van der Waals surface area contributed by atoms with Gasteiger partial charge in [-0.3, -0.25) is 4.79 Å². The number of nitrogens with one attached hydrogen (secondary N) is 1.